The first-order chi connectivity index (χ1) is 8.65. The summed E-state index contributed by atoms with van der Waals surface area (Å²) in [7, 11) is 0. The molecular weight excluding hydrogens is 256 g/mol. The molecule has 1 unspecified atom stereocenters. The van der Waals surface area contributed by atoms with Crippen LogP contribution in [0.25, 0.3) is 9.40 Å². The molecule has 0 aliphatic heterocycles. The highest BCUT2D eigenvalue weighted by Crippen LogP contribution is 2.31. The number of hydrogen-bond donors (Lipinski definition) is 0. The fourth-order valence-electron chi connectivity index (χ4n) is 2.35. The van der Waals surface area contributed by atoms with Crippen molar-refractivity contribution in [3.05, 3.63) is 22.4 Å². The molecule has 2 aromatic rings. The van der Waals surface area contributed by atoms with Gasteiger partial charge in [0.1, 0.15) is 0 Å². The summed E-state index contributed by atoms with van der Waals surface area (Å²) < 4.78 is 2.95. The third kappa shape index (κ3) is 4.10. The summed E-state index contributed by atoms with van der Waals surface area (Å²) in [6.07, 6.45) is 6.82. The molecule has 2 heterocycles. The van der Waals surface area contributed by atoms with Crippen molar-refractivity contribution in [1.29, 1.82) is 0 Å². The predicted molar refractivity (Wildman–Crippen MR) is 85.9 cm³/mol. The maximum Gasteiger partial charge on any atom is 0.0453 e. The van der Waals surface area contributed by atoms with E-state index in [9.17, 15) is 0 Å². The smallest absolute Gasteiger partial charge is 0.0453 e. The van der Waals surface area contributed by atoms with Crippen LogP contribution in [0.1, 0.15) is 51.3 Å². The van der Waals surface area contributed by atoms with Crippen LogP contribution in [-0.2, 0) is 6.42 Å². The molecule has 0 nitrogen and oxygen atoms in total. The first-order valence-corrected chi connectivity index (χ1v) is 8.80. The van der Waals surface area contributed by atoms with Crippen molar-refractivity contribution in [2.75, 3.05) is 0 Å². The minimum Gasteiger partial charge on any atom is -0.143 e. The number of thiophene rings is 2. The van der Waals surface area contributed by atoms with E-state index in [1.165, 1.54) is 41.5 Å². The van der Waals surface area contributed by atoms with E-state index in [0.29, 0.717) is 0 Å². The number of fused-ring (bicyclic) bond motifs is 1. The van der Waals surface area contributed by atoms with Crippen molar-refractivity contribution < 1.29 is 0 Å². The van der Waals surface area contributed by atoms with E-state index in [-0.39, 0.29) is 0 Å². The summed E-state index contributed by atoms with van der Waals surface area (Å²) >= 11 is 3.85. The van der Waals surface area contributed by atoms with Gasteiger partial charge in [0, 0.05) is 14.3 Å². The van der Waals surface area contributed by atoms with Gasteiger partial charge in [-0.3, -0.25) is 0 Å². The van der Waals surface area contributed by atoms with Crippen LogP contribution in [0.5, 0.6) is 0 Å². The van der Waals surface area contributed by atoms with Crippen LogP contribution in [0.4, 0.5) is 0 Å². The quantitative estimate of drug-likeness (QED) is 0.553. The summed E-state index contributed by atoms with van der Waals surface area (Å²) in [5, 5.41) is 2.19. The van der Waals surface area contributed by atoms with Crippen LogP contribution >= 0.6 is 22.7 Å². The monoisotopic (exact) mass is 280 g/mol. The summed E-state index contributed by atoms with van der Waals surface area (Å²) in [6.45, 7) is 7.06. The third-order valence-corrected chi connectivity index (χ3v) is 5.71. The highest BCUT2D eigenvalue weighted by molar-refractivity contribution is 7.26. The lowest BCUT2D eigenvalue weighted by molar-refractivity contribution is 0.438. The van der Waals surface area contributed by atoms with Crippen LogP contribution in [0.15, 0.2) is 17.5 Å². The Balaban J connectivity index is 1.72. The molecule has 1 atom stereocenters. The molecule has 0 fully saturated rings. The Morgan fingerprint density at radius 3 is 2.61 bits per heavy atom. The second-order valence-corrected chi connectivity index (χ2v) is 7.95. The zero-order valence-corrected chi connectivity index (χ0v) is 13.4. The number of hydrogen-bond acceptors (Lipinski definition) is 2. The zero-order valence-electron chi connectivity index (χ0n) is 11.7. The average Bonchev–Trinajstić information content (AvgIpc) is 2.85. The van der Waals surface area contributed by atoms with Gasteiger partial charge in [0.2, 0.25) is 0 Å². The van der Waals surface area contributed by atoms with E-state index >= 15 is 0 Å². The Labute approximate surface area is 119 Å². The highest BCUT2D eigenvalue weighted by atomic mass is 32.1. The molecule has 0 N–H and O–H groups in total. The van der Waals surface area contributed by atoms with Gasteiger partial charge < -0.3 is 0 Å². The molecule has 0 amide bonds. The molecule has 2 heteroatoms. The van der Waals surface area contributed by atoms with Crippen LogP contribution < -0.4 is 0 Å². The van der Waals surface area contributed by atoms with Gasteiger partial charge in [0.05, 0.1) is 0 Å². The van der Waals surface area contributed by atoms with Crippen LogP contribution in [0.2, 0.25) is 0 Å². The second kappa shape index (κ2) is 6.72. The van der Waals surface area contributed by atoms with E-state index in [1.807, 2.05) is 22.7 Å². The van der Waals surface area contributed by atoms with E-state index in [4.69, 9.17) is 0 Å². The fourth-order valence-corrected chi connectivity index (χ4v) is 4.50. The van der Waals surface area contributed by atoms with E-state index in [1.54, 1.807) is 4.88 Å². The van der Waals surface area contributed by atoms with E-state index < -0.39 is 0 Å². The molecule has 0 saturated carbocycles. The lowest BCUT2D eigenvalue weighted by Gasteiger charge is -2.11. The average molecular weight is 281 g/mol. The molecule has 0 radical (unpaired) electrons. The molecule has 18 heavy (non-hydrogen) atoms. The lowest BCUT2D eigenvalue weighted by Crippen LogP contribution is -1.98. The normalized spacial score (nSPS) is 13.6. The molecule has 0 bridgehead atoms. The van der Waals surface area contributed by atoms with Crippen molar-refractivity contribution >= 4 is 32.1 Å². The van der Waals surface area contributed by atoms with Gasteiger partial charge in [-0.25, -0.2) is 0 Å². The standard InChI is InChI=1S/C16H24S2/c1-12(2)5-4-6-13(3)7-8-14-11-16-15(18-14)9-10-17-16/h9-13H,4-8H2,1-3H3. The van der Waals surface area contributed by atoms with Crippen molar-refractivity contribution in [2.45, 2.75) is 52.9 Å². The molecule has 2 rings (SSSR count). The summed E-state index contributed by atoms with van der Waals surface area (Å²) in [5.41, 5.74) is 0. The maximum absolute atomic E-state index is 2.41. The first-order valence-electron chi connectivity index (χ1n) is 7.11. The van der Waals surface area contributed by atoms with Gasteiger partial charge in [-0.2, -0.15) is 0 Å². The molecule has 0 aliphatic rings. The largest absolute Gasteiger partial charge is 0.143 e. The van der Waals surface area contributed by atoms with Crippen molar-refractivity contribution in [1.82, 2.24) is 0 Å². The van der Waals surface area contributed by atoms with Crippen molar-refractivity contribution in [2.24, 2.45) is 11.8 Å². The zero-order chi connectivity index (χ0) is 13.0. The van der Waals surface area contributed by atoms with E-state index in [2.05, 4.69) is 38.3 Å². The molecular formula is C16H24S2. The minimum absolute atomic E-state index is 0.862. The molecule has 0 saturated heterocycles. The highest BCUT2D eigenvalue weighted by Gasteiger charge is 2.07. The molecule has 2 aromatic heterocycles. The van der Waals surface area contributed by atoms with Crippen LogP contribution in [0.3, 0.4) is 0 Å². The topological polar surface area (TPSA) is 0 Å². The van der Waals surface area contributed by atoms with Crippen molar-refractivity contribution in [3.8, 4) is 0 Å². The predicted octanol–water partition coefficient (Wildman–Crippen LogP) is 6.36. The molecule has 0 aliphatic carbocycles. The van der Waals surface area contributed by atoms with Crippen LogP contribution in [0, 0.1) is 11.8 Å². The Morgan fingerprint density at radius 1 is 1.06 bits per heavy atom. The Bertz CT molecular complexity index is 436. The molecule has 0 aromatic carbocycles. The first kappa shape index (κ1) is 14.1. The SMILES string of the molecule is CC(C)CCCC(C)CCc1cc2sccc2s1. The van der Waals surface area contributed by atoms with Gasteiger partial charge in [-0.1, -0.05) is 40.0 Å². The lowest BCUT2D eigenvalue weighted by atomic mass is 9.96. The Hall–Kier alpha value is -0.340. The second-order valence-electron chi connectivity index (χ2n) is 5.83. The van der Waals surface area contributed by atoms with Crippen LogP contribution in [-0.4, -0.2) is 0 Å². The van der Waals surface area contributed by atoms with Gasteiger partial charge in [-0.15, -0.1) is 22.7 Å². The Morgan fingerprint density at radius 2 is 1.89 bits per heavy atom. The van der Waals surface area contributed by atoms with Gasteiger partial charge >= 0.3 is 0 Å². The third-order valence-electron chi connectivity index (χ3n) is 3.55. The Kier molecular flexibility index (Phi) is 5.25. The minimum atomic E-state index is 0.862. The number of aryl methyl sites for hydroxylation is 1. The summed E-state index contributed by atoms with van der Waals surface area (Å²) in [5.74, 6) is 1.74. The molecule has 100 valence electrons. The summed E-state index contributed by atoms with van der Waals surface area (Å²) in [6, 6.07) is 4.64. The van der Waals surface area contributed by atoms with Gasteiger partial charge in [0.15, 0.2) is 0 Å². The van der Waals surface area contributed by atoms with E-state index in [0.717, 1.165) is 11.8 Å². The van der Waals surface area contributed by atoms with Gasteiger partial charge in [-0.05, 0) is 42.2 Å². The summed E-state index contributed by atoms with van der Waals surface area (Å²) in [4.78, 5) is 1.58. The van der Waals surface area contributed by atoms with Gasteiger partial charge in [0.25, 0.3) is 0 Å². The molecule has 0 spiro atoms. The fraction of sp³-hybridized carbons (Fsp3) is 0.625. The van der Waals surface area contributed by atoms with Crippen molar-refractivity contribution in [3.63, 3.8) is 0 Å². The maximum atomic E-state index is 2.41. The number of rotatable bonds is 7.